The van der Waals surface area contributed by atoms with Crippen LogP contribution in [-0.2, 0) is 4.74 Å². The molecule has 0 fully saturated rings. The molecule has 0 aromatic heterocycles. The average Bonchev–Trinajstić information content (AvgIpc) is 2.38. The first kappa shape index (κ1) is 13.8. The third-order valence-electron chi connectivity index (χ3n) is 2.25. The van der Waals surface area contributed by atoms with Gasteiger partial charge < -0.3 is 14.2 Å². The van der Waals surface area contributed by atoms with Crippen LogP contribution >= 0.6 is 0 Å². The quantitative estimate of drug-likeness (QED) is 0.607. The molecule has 1 aromatic carbocycles. The van der Waals surface area contributed by atoms with Gasteiger partial charge in [-0.2, -0.15) is 5.26 Å². The summed E-state index contributed by atoms with van der Waals surface area (Å²) in [6.07, 6.45) is 0. The summed E-state index contributed by atoms with van der Waals surface area (Å²) in [5, 5.41) is 9.09. The molecule has 1 aromatic rings. The minimum Gasteiger partial charge on any atom is -0.493 e. The number of benzene rings is 1. The SMILES string of the molecule is CCOC(C)=Nc1cc(OC)c(OC)cc1C#N. The van der Waals surface area contributed by atoms with Crippen LogP contribution in [0.2, 0.25) is 0 Å². The van der Waals surface area contributed by atoms with E-state index in [1.54, 1.807) is 19.1 Å². The molecule has 0 aliphatic rings. The third-order valence-corrected chi connectivity index (χ3v) is 2.25. The second-order valence-corrected chi connectivity index (χ2v) is 3.40. The normalized spacial score (nSPS) is 10.7. The molecule has 0 heterocycles. The first-order chi connectivity index (χ1) is 8.65. The van der Waals surface area contributed by atoms with Crippen LogP contribution < -0.4 is 9.47 Å². The summed E-state index contributed by atoms with van der Waals surface area (Å²) in [4.78, 5) is 4.24. The van der Waals surface area contributed by atoms with Gasteiger partial charge in [0, 0.05) is 19.1 Å². The van der Waals surface area contributed by atoms with Crippen LogP contribution in [0.4, 0.5) is 5.69 Å². The van der Waals surface area contributed by atoms with Crippen molar-refractivity contribution in [3.63, 3.8) is 0 Å². The molecule has 0 saturated carbocycles. The lowest BCUT2D eigenvalue weighted by molar-refractivity contribution is 0.325. The summed E-state index contributed by atoms with van der Waals surface area (Å²) in [6.45, 7) is 4.14. The van der Waals surface area contributed by atoms with Gasteiger partial charge in [0.15, 0.2) is 17.4 Å². The monoisotopic (exact) mass is 248 g/mol. The van der Waals surface area contributed by atoms with Gasteiger partial charge in [-0.15, -0.1) is 0 Å². The van der Waals surface area contributed by atoms with E-state index in [9.17, 15) is 0 Å². The van der Waals surface area contributed by atoms with Gasteiger partial charge in [0.2, 0.25) is 0 Å². The van der Waals surface area contributed by atoms with Crippen molar-refractivity contribution in [2.75, 3.05) is 20.8 Å². The largest absolute Gasteiger partial charge is 0.493 e. The molecule has 0 bridgehead atoms. The van der Waals surface area contributed by atoms with Crippen molar-refractivity contribution in [1.29, 1.82) is 5.26 Å². The van der Waals surface area contributed by atoms with Crippen molar-refractivity contribution in [1.82, 2.24) is 0 Å². The molecule has 0 amide bonds. The summed E-state index contributed by atoms with van der Waals surface area (Å²) in [7, 11) is 3.06. The Kier molecular flexibility index (Phi) is 5.00. The molecule has 0 saturated heterocycles. The topological polar surface area (TPSA) is 63.8 Å². The maximum atomic E-state index is 9.09. The third kappa shape index (κ3) is 3.14. The molecule has 96 valence electrons. The lowest BCUT2D eigenvalue weighted by atomic mass is 10.1. The van der Waals surface area contributed by atoms with Gasteiger partial charge in [-0.1, -0.05) is 0 Å². The summed E-state index contributed by atoms with van der Waals surface area (Å²) >= 11 is 0. The Morgan fingerprint density at radius 2 is 1.89 bits per heavy atom. The average molecular weight is 248 g/mol. The van der Waals surface area contributed by atoms with Crippen LogP contribution in [0.25, 0.3) is 0 Å². The van der Waals surface area contributed by atoms with Gasteiger partial charge in [0.05, 0.1) is 32.1 Å². The molecule has 0 spiro atoms. The predicted molar refractivity (Wildman–Crippen MR) is 68.7 cm³/mol. The molecular weight excluding hydrogens is 232 g/mol. The number of methoxy groups -OCH3 is 2. The molecule has 0 unspecified atom stereocenters. The number of nitriles is 1. The highest BCUT2D eigenvalue weighted by Crippen LogP contribution is 2.34. The molecule has 0 N–H and O–H groups in total. The summed E-state index contributed by atoms with van der Waals surface area (Å²) in [6, 6.07) is 5.32. The van der Waals surface area contributed by atoms with E-state index in [1.807, 2.05) is 6.92 Å². The van der Waals surface area contributed by atoms with Crippen molar-refractivity contribution in [2.24, 2.45) is 4.99 Å². The van der Waals surface area contributed by atoms with E-state index in [0.717, 1.165) is 0 Å². The molecule has 0 aliphatic carbocycles. The van der Waals surface area contributed by atoms with Gasteiger partial charge in [0.25, 0.3) is 0 Å². The van der Waals surface area contributed by atoms with Gasteiger partial charge in [-0.05, 0) is 6.92 Å². The second kappa shape index (κ2) is 6.50. The highest BCUT2D eigenvalue weighted by Gasteiger charge is 2.10. The molecule has 1 rings (SSSR count). The summed E-state index contributed by atoms with van der Waals surface area (Å²) < 4.78 is 15.5. The second-order valence-electron chi connectivity index (χ2n) is 3.40. The Morgan fingerprint density at radius 1 is 1.28 bits per heavy atom. The molecular formula is C13H16N2O3. The summed E-state index contributed by atoms with van der Waals surface area (Å²) in [5.74, 6) is 1.53. The predicted octanol–water partition coefficient (Wildman–Crippen LogP) is 2.66. The van der Waals surface area contributed by atoms with Crippen molar-refractivity contribution in [3.05, 3.63) is 17.7 Å². The zero-order valence-electron chi connectivity index (χ0n) is 11.0. The van der Waals surface area contributed by atoms with Gasteiger partial charge >= 0.3 is 0 Å². The van der Waals surface area contributed by atoms with Crippen LogP contribution in [0.1, 0.15) is 19.4 Å². The molecule has 5 heteroatoms. The minimum atomic E-state index is 0.409. The number of hydrogen-bond donors (Lipinski definition) is 0. The van der Waals surface area contributed by atoms with E-state index in [2.05, 4.69) is 11.1 Å². The van der Waals surface area contributed by atoms with Crippen LogP contribution in [0.5, 0.6) is 11.5 Å². The lowest BCUT2D eigenvalue weighted by Crippen LogP contribution is -1.98. The summed E-state index contributed by atoms with van der Waals surface area (Å²) in [5.41, 5.74) is 0.910. The van der Waals surface area contributed by atoms with Crippen molar-refractivity contribution >= 4 is 11.6 Å². The number of rotatable bonds is 4. The maximum Gasteiger partial charge on any atom is 0.185 e. The number of nitrogens with zero attached hydrogens (tertiary/aromatic N) is 2. The van der Waals surface area contributed by atoms with E-state index in [0.29, 0.717) is 35.3 Å². The van der Waals surface area contributed by atoms with Crippen molar-refractivity contribution < 1.29 is 14.2 Å². The molecule has 5 nitrogen and oxygen atoms in total. The Bertz CT molecular complexity index is 490. The van der Waals surface area contributed by atoms with Gasteiger partial charge in [0.1, 0.15) is 6.07 Å². The Hall–Kier alpha value is -2.22. The zero-order valence-corrected chi connectivity index (χ0v) is 11.0. The molecule has 0 radical (unpaired) electrons. The highest BCUT2D eigenvalue weighted by atomic mass is 16.5. The van der Waals surface area contributed by atoms with Gasteiger partial charge in [-0.25, -0.2) is 4.99 Å². The Balaban J connectivity index is 3.26. The molecule has 0 aliphatic heterocycles. The maximum absolute atomic E-state index is 9.09. The zero-order chi connectivity index (χ0) is 13.5. The van der Waals surface area contributed by atoms with E-state index in [1.165, 1.54) is 14.2 Å². The molecule has 18 heavy (non-hydrogen) atoms. The minimum absolute atomic E-state index is 0.409. The fourth-order valence-corrected chi connectivity index (χ4v) is 1.46. The van der Waals surface area contributed by atoms with E-state index < -0.39 is 0 Å². The number of hydrogen-bond acceptors (Lipinski definition) is 5. The van der Waals surface area contributed by atoms with Gasteiger partial charge in [-0.3, -0.25) is 0 Å². The smallest absolute Gasteiger partial charge is 0.185 e. The van der Waals surface area contributed by atoms with E-state index in [4.69, 9.17) is 19.5 Å². The van der Waals surface area contributed by atoms with E-state index >= 15 is 0 Å². The fraction of sp³-hybridized carbons (Fsp3) is 0.385. The van der Waals surface area contributed by atoms with Crippen LogP contribution in [0.15, 0.2) is 17.1 Å². The highest BCUT2D eigenvalue weighted by molar-refractivity contribution is 5.78. The van der Waals surface area contributed by atoms with Crippen molar-refractivity contribution in [2.45, 2.75) is 13.8 Å². The van der Waals surface area contributed by atoms with Crippen LogP contribution in [0.3, 0.4) is 0 Å². The Morgan fingerprint density at radius 3 is 2.39 bits per heavy atom. The number of ether oxygens (including phenoxy) is 3. The van der Waals surface area contributed by atoms with E-state index in [-0.39, 0.29) is 0 Å². The first-order valence-corrected chi connectivity index (χ1v) is 5.50. The number of aliphatic imine (C=N–C) groups is 1. The van der Waals surface area contributed by atoms with Crippen molar-refractivity contribution in [3.8, 4) is 17.6 Å². The van der Waals surface area contributed by atoms with Crippen LogP contribution in [0, 0.1) is 11.3 Å². The van der Waals surface area contributed by atoms with Crippen LogP contribution in [-0.4, -0.2) is 26.7 Å². The first-order valence-electron chi connectivity index (χ1n) is 5.50. The molecule has 0 atom stereocenters. The Labute approximate surface area is 107 Å². The fourth-order valence-electron chi connectivity index (χ4n) is 1.46. The lowest BCUT2D eigenvalue weighted by Gasteiger charge is -2.10. The standard InChI is InChI=1S/C13H16N2O3/c1-5-18-9(2)15-11-7-13(17-4)12(16-3)6-10(11)8-14/h6-7H,5H2,1-4H3.